The molecule has 4 aromatic rings. The van der Waals surface area contributed by atoms with E-state index in [-0.39, 0.29) is 38.9 Å². The Hall–Kier alpha value is -4.52. The minimum atomic E-state index is -0.986. The normalized spacial score (nSPS) is 16.8. The highest BCUT2D eigenvalue weighted by atomic mass is 16.3. The highest BCUT2D eigenvalue weighted by Gasteiger charge is 2.45. The van der Waals surface area contributed by atoms with Gasteiger partial charge in [-0.3, -0.25) is 19.2 Å². The number of rotatable bonds is 1. The zero-order valence-electron chi connectivity index (χ0n) is 16.5. The van der Waals surface area contributed by atoms with Gasteiger partial charge in [0.25, 0.3) is 11.1 Å². The van der Waals surface area contributed by atoms with E-state index < -0.39 is 28.7 Å². The third kappa shape index (κ3) is 2.19. The number of Topliss-reactive ketones (excluding diaryl/α,β-unsaturated/α-hetero) is 2. The summed E-state index contributed by atoms with van der Waals surface area (Å²) in [6.07, 6.45) is 0. The van der Waals surface area contributed by atoms with Crippen LogP contribution in [-0.2, 0) is 0 Å². The molecule has 154 valence electrons. The van der Waals surface area contributed by atoms with Crippen LogP contribution in [0.15, 0.2) is 88.0 Å². The van der Waals surface area contributed by atoms with Crippen molar-refractivity contribution in [2.24, 2.45) is 0 Å². The lowest BCUT2D eigenvalue weighted by molar-refractivity contribution is 0.0987. The first kappa shape index (κ1) is 18.3. The Kier molecular flexibility index (Phi) is 3.56. The van der Waals surface area contributed by atoms with Crippen molar-refractivity contribution in [3.8, 4) is 5.75 Å². The van der Waals surface area contributed by atoms with E-state index >= 15 is 0 Å². The molecule has 1 atom stereocenters. The standard InChI is InChI=1S/C25H14N2O5/c28-14-11-9-13(10-12-14)20-19-21(23(30)16-6-2-1-5-15(16)22(19)29)27-25(32)18-8-4-3-7-17(18)24(31)26(20)27/h1-12,20,28H. The third-order valence-corrected chi connectivity index (χ3v) is 6.07. The molecular formula is C25H14N2O5. The van der Waals surface area contributed by atoms with Gasteiger partial charge in [0, 0.05) is 11.1 Å². The van der Waals surface area contributed by atoms with Crippen LogP contribution >= 0.6 is 0 Å². The summed E-state index contributed by atoms with van der Waals surface area (Å²) in [6, 6.07) is 17.8. The summed E-state index contributed by atoms with van der Waals surface area (Å²) in [7, 11) is 0. The average Bonchev–Trinajstić information content (AvgIpc) is 3.18. The maximum Gasteiger partial charge on any atom is 0.278 e. The summed E-state index contributed by atoms with van der Waals surface area (Å²) in [6.45, 7) is 0. The molecule has 1 N–H and O–H groups in total. The van der Waals surface area contributed by atoms with Gasteiger partial charge in [0.1, 0.15) is 17.5 Å². The molecule has 0 fully saturated rings. The molecule has 1 aliphatic heterocycles. The van der Waals surface area contributed by atoms with E-state index in [1.165, 1.54) is 22.9 Å². The number of phenolic OH excluding ortho intramolecular Hbond substituents is 1. The maximum absolute atomic E-state index is 13.6. The molecule has 1 unspecified atom stereocenters. The van der Waals surface area contributed by atoms with Crippen LogP contribution in [0.2, 0.25) is 0 Å². The Morgan fingerprint density at radius 1 is 0.656 bits per heavy atom. The number of carbonyl (C=O) groups is 2. The van der Waals surface area contributed by atoms with Crippen LogP contribution in [0.3, 0.4) is 0 Å². The number of hydrogen-bond donors (Lipinski definition) is 1. The van der Waals surface area contributed by atoms with E-state index in [2.05, 4.69) is 0 Å². The van der Waals surface area contributed by atoms with Gasteiger partial charge in [0.2, 0.25) is 5.78 Å². The van der Waals surface area contributed by atoms with Gasteiger partial charge in [0.05, 0.1) is 16.3 Å². The summed E-state index contributed by atoms with van der Waals surface area (Å²) in [4.78, 5) is 54.1. The molecule has 2 heterocycles. The largest absolute Gasteiger partial charge is 0.508 e. The molecule has 0 saturated carbocycles. The van der Waals surface area contributed by atoms with Gasteiger partial charge in [-0.15, -0.1) is 0 Å². The van der Waals surface area contributed by atoms with Crippen LogP contribution in [-0.4, -0.2) is 26.0 Å². The summed E-state index contributed by atoms with van der Waals surface area (Å²) >= 11 is 0. The lowest BCUT2D eigenvalue weighted by Crippen LogP contribution is -2.38. The lowest BCUT2D eigenvalue weighted by atomic mass is 9.83. The van der Waals surface area contributed by atoms with Crippen molar-refractivity contribution in [2.75, 3.05) is 0 Å². The van der Waals surface area contributed by atoms with Crippen LogP contribution in [0.1, 0.15) is 32.3 Å². The van der Waals surface area contributed by atoms with Crippen molar-refractivity contribution < 1.29 is 14.7 Å². The van der Waals surface area contributed by atoms with Gasteiger partial charge in [-0.25, -0.2) is 9.36 Å². The van der Waals surface area contributed by atoms with Crippen molar-refractivity contribution >= 4 is 28.0 Å². The monoisotopic (exact) mass is 422 g/mol. The molecule has 0 amide bonds. The van der Waals surface area contributed by atoms with Crippen LogP contribution < -0.4 is 11.1 Å². The number of carbonyl (C=O) groups excluding carboxylic acids is 2. The number of phenols is 1. The Labute approximate surface area is 180 Å². The quantitative estimate of drug-likeness (QED) is 0.509. The van der Waals surface area contributed by atoms with E-state index in [0.717, 1.165) is 4.68 Å². The van der Waals surface area contributed by atoms with Crippen molar-refractivity contribution in [3.63, 3.8) is 0 Å². The van der Waals surface area contributed by atoms with Gasteiger partial charge in [-0.05, 0) is 29.8 Å². The molecule has 0 radical (unpaired) electrons. The molecule has 7 nitrogen and oxygen atoms in total. The fraction of sp³-hybridized carbons (Fsp3) is 0.0400. The van der Waals surface area contributed by atoms with Gasteiger partial charge in [-0.1, -0.05) is 48.5 Å². The molecular weight excluding hydrogens is 408 g/mol. The topological polar surface area (TPSA) is 98.4 Å². The number of aromatic hydroxyl groups is 1. The number of fused-ring (bicyclic) bond motifs is 4. The average molecular weight is 422 g/mol. The number of aromatic nitrogens is 2. The zero-order valence-corrected chi connectivity index (χ0v) is 16.5. The molecule has 0 spiro atoms. The number of nitrogens with zero attached hydrogens (tertiary/aromatic N) is 2. The second kappa shape index (κ2) is 6.24. The van der Waals surface area contributed by atoms with Crippen LogP contribution in [0.4, 0.5) is 0 Å². The molecule has 3 aromatic carbocycles. The summed E-state index contributed by atoms with van der Waals surface area (Å²) in [5.41, 5.74) is -0.126. The van der Waals surface area contributed by atoms with E-state index in [1.807, 2.05) is 0 Å². The van der Waals surface area contributed by atoms with Gasteiger partial charge in [-0.2, -0.15) is 0 Å². The molecule has 6 rings (SSSR count). The SMILES string of the molecule is O=C1C2=C(C(=O)c3ccccc31)n1c(=O)c3ccccc3c(=O)n1C2c1ccc(O)cc1. The summed E-state index contributed by atoms with van der Waals surface area (Å²) < 4.78 is 2.23. The zero-order chi connectivity index (χ0) is 22.1. The molecule has 2 aliphatic rings. The van der Waals surface area contributed by atoms with Gasteiger partial charge < -0.3 is 5.11 Å². The van der Waals surface area contributed by atoms with E-state index in [0.29, 0.717) is 5.56 Å². The third-order valence-electron chi connectivity index (χ3n) is 6.07. The lowest BCUT2D eigenvalue weighted by Gasteiger charge is -2.19. The second-order valence-electron chi connectivity index (χ2n) is 7.77. The Bertz CT molecular complexity index is 1650. The van der Waals surface area contributed by atoms with Gasteiger partial charge in [0.15, 0.2) is 5.78 Å². The Morgan fingerprint density at radius 3 is 1.88 bits per heavy atom. The van der Waals surface area contributed by atoms with Crippen molar-refractivity contribution in [1.82, 2.24) is 9.36 Å². The fourth-order valence-electron chi connectivity index (χ4n) is 4.66. The predicted octanol–water partition coefficient (Wildman–Crippen LogP) is 2.76. The van der Waals surface area contributed by atoms with Crippen LogP contribution in [0.25, 0.3) is 16.5 Å². The van der Waals surface area contributed by atoms with E-state index in [9.17, 15) is 24.3 Å². The van der Waals surface area contributed by atoms with Crippen LogP contribution in [0.5, 0.6) is 5.75 Å². The number of ketones is 2. The molecule has 7 heteroatoms. The summed E-state index contributed by atoms with van der Waals surface area (Å²) in [5, 5.41) is 10.1. The Morgan fingerprint density at radius 2 is 1.22 bits per heavy atom. The number of hydrogen-bond acceptors (Lipinski definition) is 5. The first-order valence-corrected chi connectivity index (χ1v) is 9.97. The molecule has 0 bridgehead atoms. The molecule has 0 saturated heterocycles. The van der Waals surface area contributed by atoms with Crippen molar-refractivity contribution in [3.05, 3.63) is 116 Å². The molecule has 32 heavy (non-hydrogen) atoms. The first-order valence-electron chi connectivity index (χ1n) is 9.97. The van der Waals surface area contributed by atoms with E-state index in [1.54, 1.807) is 54.6 Å². The highest BCUT2D eigenvalue weighted by Crippen LogP contribution is 2.41. The number of benzene rings is 3. The maximum atomic E-state index is 13.6. The van der Waals surface area contributed by atoms with Crippen LogP contribution in [0, 0.1) is 0 Å². The van der Waals surface area contributed by atoms with Gasteiger partial charge >= 0.3 is 0 Å². The smallest absolute Gasteiger partial charge is 0.278 e. The molecule has 1 aromatic heterocycles. The van der Waals surface area contributed by atoms with Crippen molar-refractivity contribution in [1.29, 1.82) is 0 Å². The first-order chi connectivity index (χ1) is 15.5. The van der Waals surface area contributed by atoms with Crippen molar-refractivity contribution in [2.45, 2.75) is 6.04 Å². The minimum Gasteiger partial charge on any atom is -0.508 e. The minimum absolute atomic E-state index is 0.0144. The highest BCUT2D eigenvalue weighted by molar-refractivity contribution is 6.38. The van der Waals surface area contributed by atoms with E-state index in [4.69, 9.17) is 0 Å². The summed E-state index contributed by atoms with van der Waals surface area (Å²) in [5.74, 6) is -0.880. The molecule has 1 aliphatic carbocycles. The fourth-order valence-corrected chi connectivity index (χ4v) is 4.66. The number of allylic oxidation sites excluding steroid dienone is 2. The predicted molar refractivity (Wildman–Crippen MR) is 117 cm³/mol. The Balaban J connectivity index is 1.79. The second-order valence-corrected chi connectivity index (χ2v) is 7.77.